The van der Waals surface area contributed by atoms with Crippen molar-refractivity contribution in [2.24, 2.45) is 0 Å². The zero-order valence-corrected chi connectivity index (χ0v) is 8.19. The lowest BCUT2D eigenvalue weighted by Gasteiger charge is -2.18. The molecule has 0 N–H and O–H groups in total. The fourth-order valence-corrected chi connectivity index (χ4v) is 1.61. The van der Waals surface area contributed by atoms with E-state index in [1.807, 2.05) is 0 Å². The first-order valence-electron chi connectivity index (χ1n) is 3.87. The lowest BCUT2D eigenvalue weighted by atomic mass is 10.1. The lowest BCUT2D eigenvalue weighted by molar-refractivity contribution is 0.312. The third-order valence-corrected chi connectivity index (χ3v) is 2.72. The van der Waals surface area contributed by atoms with Gasteiger partial charge < -0.3 is 4.90 Å². The molecule has 0 amide bonds. The van der Waals surface area contributed by atoms with Crippen LogP contribution in [0.25, 0.3) is 0 Å². The van der Waals surface area contributed by atoms with E-state index in [2.05, 4.69) is 42.7 Å². The second kappa shape index (κ2) is 3.88. The molecule has 0 spiro atoms. The summed E-state index contributed by atoms with van der Waals surface area (Å²) in [5.41, 5.74) is 1.45. The molecule has 1 heterocycles. The molecule has 0 saturated heterocycles. The minimum Gasteiger partial charge on any atom is -0.306 e. The minimum absolute atomic E-state index is 0.643. The first-order valence-corrected chi connectivity index (χ1v) is 4.82. The molecule has 2 heteroatoms. The summed E-state index contributed by atoms with van der Waals surface area (Å²) in [6.07, 6.45) is 1.16. The number of hydrogen-bond acceptors (Lipinski definition) is 2. The van der Waals surface area contributed by atoms with Crippen molar-refractivity contribution in [3.05, 3.63) is 22.4 Å². The van der Waals surface area contributed by atoms with Gasteiger partial charge in [-0.15, -0.1) is 0 Å². The molecule has 1 nitrogen and oxygen atoms in total. The van der Waals surface area contributed by atoms with Crippen LogP contribution in [0.4, 0.5) is 0 Å². The summed E-state index contributed by atoms with van der Waals surface area (Å²) >= 11 is 1.77. The monoisotopic (exact) mass is 169 g/mol. The van der Waals surface area contributed by atoms with E-state index in [0.29, 0.717) is 6.04 Å². The van der Waals surface area contributed by atoms with Crippen molar-refractivity contribution < 1.29 is 0 Å². The van der Waals surface area contributed by atoms with E-state index in [1.54, 1.807) is 11.3 Å². The Bertz CT molecular complexity index is 191. The summed E-state index contributed by atoms with van der Waals surface area (Å²) in [5, 5.41) is 4.36. The van der Waals surface area contributed by atoms with Gasteiger partial charge in [-0.3, -0.25) is 0 Å². The van der Waals surface area contributed by atoms with E-state index < -0.39 is 0 Å². The molecule has 11 heavy (non-hydrogen) atoms. The van der Waals surface area contributed by atoms with Gasteiger partial charge in [0.25, 0.3) is 0 Å². The molecule has 1 aromatic heterocycles. The largest absolute Gasteiger partial charge is 0.306 e. The van der Waals surface area contributed by atoms with Crippen LogP contribution >= 0.6 is 11.3 Å². The zero-order chi connectivity index (χ0) is 8.27. The van der Waals surface area contributed by atoms with Gasteiger partial charge in [-0.2, -0.15) is 11.3 Å². The predicted molar refractivity (Wildman–Crippen MR) is 51.2 cm³/mol. The molecule has 0 aliphatic heterocycles. The van der Waals surface area contributed by atoms with Crippen LogP contribution < -0.4 is 0 Å². The topological polar surface area (TPSA) is 3.24 Å². The van der Waals surface area contributed by atoms with Gasteiger partial charge >= 0.3 is 0 Å². The van der Waals surface area contributed by atoms with Crippen molar-refractivity contribution >= 4 is 11.3 Å². The summed E-state index contributed by atoms with van der Waals surface area (Å²) in [6, 6.07) is 2.84. The molecular formula is C9H15NS. The van der Waals surface area contributed by atoms with Crippen molar-refractivity contribution in [2.45, 2.75) is 19.4 Å². The van der Waals surface area contributed by atoms with Gasteiger partial charge in [0, 0.05) is 6.04 Å². The number of hydrogen-bond donors (Lipinski definition) is 0. The van der Waals surface area contributed by atoms with E-state index >= 15 is 0 Å². The van der Waals surface area contributed by atoms with Crippen LogP contribution in [-0.4, -0.2) is 25.0 Å². The van der Waals surface area contributed by atoms with Gasteiger partial charge in [-0.25, -0.2) is 0 Å². The predicted octanol–water partition coefficient (Wildman–Crippen LogP) is 2.24. The summed E-state index contributed by atoms with van der Waals surface area (Å²) in [5.74, 6) is 0. The molecular weight excluding hydrogens is 154 g/mol. The van der Waals surface area contributed by atoms with Crippen LogP contribution in [0.1, 0.15) is 12.5 Å². The molecule has 0 bridgehead atoms. The molecule has 1 rings (SSSR count). The van der Waals surface area contributed by atoms with Gasteiger partial charge in [0.05, 0.1) is 0 Å². The molecule has 0 aliphatic rings. The maximum absolute atomic E-state index is 2.25. The second-order valence-electron chi connectivity index (χ2n) is 3.15. The Labute approximate surface area is 72.7 Å². The standard InChI is InChI=1S/C9H15NS/c1-8(10(2)3)6-9-4-5-11-7-9/h4-5,7-8H,6H2,1-3H3. The normalized spacial score (nSPS) is 13.8. The summed E-state index contributed by atoms with van der Waals surface area (Å²) in [4.78, 5) is 2.25. The van der Waals surface area contributed by atoms with Crippen molar-refractivity contribution in [3.63, 3.8) is 0 Å². The van der Waals surface area contributed by atoms with Crippen LogP contribution in [0.3, 0.4) is 0 Å². The molecule has 1 unspecified atom stereocenters. The van der Waals surface area contributed by atoms with Crippen molar-refractivity contribution in [2.75, 3.05) is 14.1 Å². The molecule has 1 atom stereocenters. The van der Waals surface area contributed by atoms with Crippen molar-refractivity contribution in [3.8, 4) is 0 Å². The van der Waals surface area contributed by atoms with Crippen LogP contribution in [0.2, 0.25) is 0 Å². The van der Waals surface area contributed by atoms with Crippen LogP contribution in [-0.2, 0) is 6.42 Å². The third kappa shape index (κ3) is 2.64. The first-order chi connectivity index (χ1) is 5.20. The van der Waals surface area contributed by atoms with E-state index in [-0.39, 0.29) is 0 Å². The quantitative estimate of drug-likeness (QED) is 0.671. The number of thiophene rings is 1. The Balaban J connectivity index is 2.43. The van der Waals surface area contributed by atoms with Gasteiger partial charge in [0.15, 0.2) is 0 Å². The molecule has 0 radical (unpaired) electrons. The third-order valence-electron chi connectivity index (χ3n) is 1.99. The molecule has 0 saturated carbocycles. The first kappa shape index (κ1) is 8.75. The van der Waals surface area contributed by atoms with Crippen LogP contribution in [0.5, 0.6) is 0 Å². The molecule has 0 aromatic carbocycles. The average molecular weight is 169 g/mol. The Morgan fingerprint density at radius 1 is 1.55 bits per heavy atom. The smallest absolute Gasteiger partial charge is 0.0101 e. The highest BCUT2D eigenvalue weighted by Gasteiger charge is 2.04. The van der Waals surface area contributed by atoms with E-state index in [0.717, 1.165) is 6.42 Å². The highest BCUT2D eigenvalue weighted by molar-refractivity contribution is 7.07. The minimum atomic E-state index is 0.643. The van der Waals surface area contributed by atoms with Gasteiger partial charge in [-0.1, -0.05) is 0 Å². The maximum atomic E-state index is 2.25. The molecule has 1 aromatic rings. The fourth-order valence-electron chi connectivity index (χ4n) is 0.932. The summed E-state index contributed by atoms with van der Waals surface area (Å²) < 4.78 is 0. The number of nitrogens with zero attached hydrogens (tertiary/aromatic N) is 1. The summed E-state index contributed by atoms with van der Waals surface area (Å²) in [6.45, 7) is 2.25. The zero-order valence-electron chi connectivity index (χ0n) is 7.37. The SMILES string of the molecule is CC(Cc1ccsc1)N(C)C. The maximum Gasteiger partial charge on any atom is 0.0101 e. The van der Waals surface area contributed by atoms with E-state index in [4.69, 9.17) is 0 Å². The molecule has 0 aliphatic carbocycles. The Hall–Kier alpha value is -0.340. The van der Waals surface area contributed by atoms with Gasteiger partial charge in [0.2, 0.25) is 0 Å². The number of likely N-dealkylation sites (N-methyl/N-ethyl adjacent to an activating group) is 1. The van der Waals surface area contributed by atoms with Crippen molar-refractivity contribution in [1.29, 1.82) is 0 Å². The van der Waals surface area contributed by atoms with Crippen LogP contribution in [0, 0.1) is 0 Å². The molecule has 0 fully saturated rings. The highest BCUT2D eigenvalue weighted by atomic mass is 32.1. The van der Waals surface area contributed by atoms with Gasteiger partial charge in [0.1, 0.15) is 0 Å². The molecule has 62 valence electrons. The Morgan fingerprint density at radius 2 is 2.27 bits per heavy atom. The second-order valence-corrected chi connectivity index (χ2v) is 3.93. The van der Waals surface area contributed by atoms with Crippen molar-refractivity contribution in [1.82, 2.24) is 4.90 Å². The summed E-state index contributed by atoms with van der Waals surface area (Å²) in [7, 11) is 4.24. The Morgan fingerprint density at radius 3 is 2.73 bits per heavy atom. The fraction of sp³-hybridized carbons (Fsp3) is 0.556. The highest BCUT2D eigenvalue weighted by Crippen LogP contribution is 2.10. The lowest BCUT2D eigenvalue weighted by Crippen LogP contribution is -2.26. The van der Waals surface area contributed by atoms with E-state index in [9.17, 15) is 0 Å². The van der Waals surface area contributed by atoms with Crippen LogP contribution in [0.15, 0.2) is 16.8 Å². The number of rotatable bonds is 3. The average Bonchev–Trinajstić information content (AvgIpc) is 2.39. The van der Waals surface area contributed by atoms with Gasteiger partial charge in [-0.05, 0) is 49.8 Å². The van der Waals surface area contributed by atoms with E-state index in [1.165, 1.54) is 5.56 Å². The Kier molecular flexibility index (Phi) is 3.09.